The lowest BCUT2D eigenvalue weighted by molar-refractivity contribution is 0.663. The molecule has 1 fully saturated rings. The second-order valence-corrected chi connectivity index (χ2v) is 4.84. The largest absolute Gasteiger partial charge is 0.306 e. The van der Waals surface area contributed by atoms with Crippen LogP contribution < -0.4 is 0 Å². The molecular weight excluding hydrogens is 220 g/mol. The van der Waals surface area contributed by atoms with Crippen molar-refractivity contribution in [3.05, 3.63) is 36.4 Å². The molecule has 0 saturated heterocycles. The Balaban J connectivity index is 1.68. The number of hydrogen-bond acceptors (Lipinski definition) is 4. The van der Waals surface area contributed by atoms with E-state index in [-0.39, 0.29) is 0 Å². The molecule has 5 heteroatoms. The standard InChI is InChI=1S/C11H12N4S/c1-2-9(6-12-5-1)7-16-11-14-13-8-15(11)10-3-4-10/h1-2,5-6,8,10H,3-4,7H2. The fourth-order valence-corrected chi connectivity index (χ4v) is 2.49. The normalized spacial score (nSPS) is 15.2. The van der Waals surface area contributed by atoms with E-state index in [1.807, 2.05) is 18.6 Å². The molecule has 0 unspecified atom stereocenters. The Labute approximate surface area is 98.1 Å². The highest BCUT2D eigenvalue weighted by Crippen LogP contribution is 2.37. The van der Waals surface area contributed by atoms with Gasteiger partial charge in [0.2, 0.25) is 0 Å². The van der Waals surface area contributed by atoms with E-state index in [2.05, 4.69) is 25.8 Å². The van der Waals surface area contributed by atoms with Crippen LogP contribution in [0.4, 0.5) is 0 Å². The van der Waals surface area contributed by atoms with Crippen molar-refractivity contribution < 1.29 is 0 Å². The summed E-state index contributed by atoms with van der Waals surface area (Å²) >= 11 is 1.72. The lowest BCUT2D eigenvalue weighted by Crippen LogP contribution is -1.94. The van der Waals surface area contributed by atoms with Crippen molar-refractivity contribution in [2.45, 2.75) is 29.8 Å². The van der Waals surface area contributed by atoms with Crippen molar-refractivity contribution in [3.8, 4) is 0 Å². The summed E-state index contributed by atoms with van der Waals surface area (Å²) in [5.74, 6) is 0.902. The highest BCUT2D eigenvalue weighted by molar-refractivity contribution is 7.98. The topological polar surface area (TPSA) is 43.6 Å². The van der Waals surface area contributed by atoms with E-state index < -0.39 is 0 Å². The Morgan fingerprint density at radius 1 is 1.44 bits per heavy atom. The number of rotatable bonds is 4. The Morgan fingerprint density at radius 3 is 3.12 bits per heavy atom. The van der Waals surface area contributed by atoms with Crippen LogP contribution in [0.25, 0.3) is 0 Å². The third-order valence-corrected chi connectivity index (χ3v) is 3.60. The quantitative estimate of drug-likeness (QED) is 0.759. The summed E-state index contributed by atoms with van der Waals surface area (Å²) in [4.78, 5) is 4.10. The molecule has 82 valence electrons. The van der Waals surface area contributed by atoms with E-state index in [4.69, 9.17) is 0 Å². The maximum Gasteiger partial charge on any atom is 0.191 e. The number of aromatic nitrogens is 4. The molecule has 1 aliphatic carbocycles. The van der Waals surface area contributed by atoms with Crippen LogP contribution in [0.1, 0.15) is 24.4 Å². The lowest BCUT2D eigenvalue weighted by Gasteiger charge is -2.03. The first-order valence-electron chi connectivity index (χ1n) is 5.35. The monoisotopic (exact) mass is 232 g/mol. The molecule has 0 spiro atoms. The minimum atomic E-state index is 0.645. The van der Waals surface area contributed by atoms with Crippen molar-refractivity contribution in [2.75, 3.05) is 0 Å². The summed E-state index contributed by atoms with van der Waals surface area (Å²) < 4.78 is 2.18. The van der Waals surface area contributed by atoms with Crippen LogP contribution in [-0.2, 0) is 5.75 Å². The summed E-state index contributed by atoms with van der Waals surface area (Å²) in [6, 6.07) is 4.69. The van der Waals surface area contributed by atoms with Gasteiger partial charge < -0.3 is 4.57 Å². The predicted molar refractivity (Wildman–Crippen MR) is 62.1 cm³/mol. The Morgan fingerprint density at radius 2 is 2.38 bits per heavy atom. The van der Waals surface area contributed by atoms with Gasteiger partial charge in [0.05, 0.1) is 0 Å². The van der Waals surface area contributed by atoms with Crippen molar-refractivity contribution in [1.82, 2.24) is 19.7 Å². The average molecular weight is 232 g/mol. The van der Waals surface area contributed by atoms with E-state index >= 15 is 0 Å². The second kappa shape index (κ2) is 4.25. The number of thioether (sulfide) groups is 1. The summed E-state index contributed by atoms with van der Waals surface area (Å²) in [5, 5.41) is 9.14. The summed E-state index contributed by atoms with van der Waals surface area (Å²) in [6.45, 7) is 0. The van der Waals surface area contributed by atoms with Crippen LogP contribution in [0.5, 0.6) is 0 Å². The maximum absolute atomic E-state index is 4.15. The molecule has 0 N–H and O–H groups in total. The first-order valence-corrected chi connectivity index (χ1v) is 6.33. The Bertz CT molecular complexity index is 464. The maximum atomic E-state index is 4.15. The van der Waals surface area contributed by atoms with Gasteiger partial charge in [0.15, 0.2) is 5.16 Å². The highest BCUT2D eigenvalue weighted by atomic mass is 32.2. The van der Waals surface area contributed by atoms with Crippen molar-refractivity contribution in [2.24, 2.45) is 0 Å². The van der Waals surface area contributed by atoms with Gasteiger partial charge in [-0.3, -0.25) is 4.98 Å². The van der Waals surface area contributed by atoms with Gasteiger partial charge in [0.1, 0.15) is 6.33 Å². The van der Waals surface area contributed by atoms with Crippen LogP contribution >= 0.6 is 11.8 Å². The molecule has 0 radical (unpaired) electrons. The zero-order valence-corrected chi connectivity index (χ0v) is 9.60. The number of hydrogen-bond donors (Lipinski definition) is 0. The molecule has 4 nitrogen and oxygen atoms in total. The molecule has 0 bridgehead atoms. The first kappa shape index (κ1) is 9.84. The average Bonchev–Trinajstić information content (AvgIpc) is 3.07. The van der Waals surface area contributed by atoms with Gasteiger partial charge in [0, 0.05) is 24.2 Å². The molecule has 0 aliphatic heterocycles. The van der Waals surface area contributed by atoms with Gasteiger partial charge in [-0.15, -0.1) is 10.2 Å². The third kappa shape index (κ3) is 2.09. The molecular formula is C11H12N4S. The molecule has 1 saturated carbocycles. The van der Waals surface area contributed by atoms with Crippen LogP contribution in [-0.4, -0.2) is 19.7 Å². The predicted octanol–water partition coefficient (Wildman–Crippen LogP) is 2.30. The molecule has 2 aromatic heterocycles. The zero-order chi connectivity index (χ0) is 10.8. The van der Waals surface area contributed by atoms with Gasteiger partial charge in [-0.05, 0) is 24.5 Å². The van der Waals surface area contributed by atoms with Crippen molar-refractivity contribution in [3.63, 3.8) is 0 Å². The minimum Gasteiger partial charge on any atom is -0.306 e. The van der Waals surface area contributed by atoms with Gasteiger partial charge in [-0.2, -0.15) is 0 Å². The SMILES string of the molecule is c1cncc(CSc2nncn2C2CC2)c1. The van der Waals surface area contributed by atoms with E-state index in [9.17, 15) is 0 Å². The molecule has 0 atom stereocenters. The number of nitrogens with zero attached hydrogens (tertiary/aromatic N) is 4. The molecule has 16 heavy (non-hydrogen) atoms. The summed E-state index contributed by atoms with van der Waals surface area (Å²) in [7, 11) is 0. The number of pyridine rings is 1. The molecule has 2 aromatic rings. The molecule has 2 heterocycles. The minimum absolute atomic E-state index is 0.645. The lowest BCUT2D eigenvalue weighted by atomic mass is 10.3. The zero-order valence-electron chi connectivity index (χ0n) is 8.78. The van der Waals surface area contributed by atoms with E-state index in [0.29, 0.717) is 6.04 Å². The van der Waals surface area contributed by atoms with Crippen LogP contribution in [0.3, 0.4) is 0 Å². The van der Waals surface area contributed by atoms with Crippen molar-refractivity contribution in [1.29, 1.82) is 0 Å². The molecule has 1 aliphatic rings. The van der Waals surface area contributed by atoms with Crippen LogP contribution in [0.15, 0.2) is 36.0 Å². The second-order valence-electron chi connectivity index (χ2n) is 3.90. The fraction of sp³-hybridized carbons (Fsp3) is 0.364. The molecule has 0 amide bonds. The van der Waals surface area contributed by atoms with Crippen LogP contribution in [0.2, 0.25) is 0 Å². The highest BCUT2D eigenvalue weighted by Gasteiger charge is 2.26. The molecule has 0 aromatic carbocycles. The van der Waals surface area contributed by atoms with Gasteiger partial charge in [0.25, 0.3) is 0 Å². The Hall–Kier alpha value is -1.36. The van der Waals surface area contributed by atoms with Gasteiger partial charge in [-0.25, -0.2) is 0 Å². The third-order valence-electron chi connectivity index (χ3n) is 2.57. The van der Waals surface area contributed by atoms with E-state index in [1.54, 1.807) is 18.0 Å². The first-order chi connectivity index (χ1) is 7.93. The fourth-order valence-electron chi connectivity index (χ4n) is 1.57. The molecule has 3 rings (SSSR count). The van der Waals surface area contributed by atoms with Gasteiger partial charge >= 0.3 is 0 Å². The Kier molecular flexibility index (Phi) is 2.61. The summed E-state index contributed by atoms with van der Waals surface area (Å²) in [5.41, 5.74) is 1.22. The van der Waals surface area contributed by atoms with Gasteiger partial charge in [-0.1, -0.05) is 17.8 Å². The van der Waals surface area contributed by atoms with E-state index in [1.165, 1.54) is 18.4 Å². The summed E-state index contributed by atoms with van der Waals surface area (Å²) in [6.07, 6.45) is 8.05. The van der Waals surface area contributed by atoms with Crippen molar-refractivity contribution >= 4 is 11.8 Å². The van der Waals surface area contributed by atoms with Crippen LogP contribution in [0, 0.1) is 0 Å². The van der Waals surface area contributed by atoms with E-state index in [0.717, 1.165) is 10.9 Å². The smallest absolute Gasteiger partial charge is 0.191 e.